The molecule has 0 aliphatic rings. The highest BCUT2D eigenvalue weighted by molar-refractivity contribution is 9.10. The van der Waals surface area contributed by atoms with Crippen molar-refractivity contribution in [2.45, 2.75) is 0 Å². The molecule has 4 nitrogen and oxygen atoms in total. The third-order valence-corrected chi connectivity index (χ3v) is 2.80. The maximum atomic E-state index is 10.9. The second-order valence-electron chi connectivity index (χ2n) is 3.51. The van der Waals surface area contributed by atoms with Crippen LogP contribution in [-0.2, 0) is 4.79 Å². The molecule has 2 aromatic rings. The van der Waals surface area contributed by atoms with Crippen LogP contribution in [0.3, 0.4) is 0 Å². The van der Waals surface area contributed by atoms with Crippen molar-refractivity contribution in [3.05, 3.63) is 40.9 Å². The van der Waals surface area contributed by atoms with Gasteiger partial charge in [-0.05, 0) is 35.0 Å². The number of rotatable bonds is 3. The van der Waals surface area contributed by atoms with Gasteiger partial charge in [-0.2, -0.15) is 0 Å². The largest absolute Gasteiger partial charge is 0.484 e. The van der Waals surface area contributed by atoms with Gasteiger partial charge in [0, 0.05) is 4.47 Å². The lowest BCUT2D eigenvalue weighted by Gasteiger charge is -2.06. The minimum atomic E-state index is -0.360. The van der Waals surface area contributed by atoms with Crippen LogP contribution in [0, 0.1) is 0 Å². The Morgan fingerprint density at radius 3 is 2.71 bits per heavy atom. The van der Waals surface area contributed by atoms with Crippen molar-refractivity contribution in [2.24, 2.45) is 5.84 Å². The van der Waals surface area contributed by atoms with Crippen LogP contribution < -0.4 is 16.0 Å². The van der Waals surface area contributed by atoms with E-state index in [2.05, 4.69) is 15.9 Å². The molecule has 0 fully saturated rings. The van der Waals surface area contributed by atoms with Crippen LogP contribution in [0.1, 0.15) is 0 Å². The minimum absolute atomic E-state index is 0.0848. The van der Waals surface area contributed by atoms with Crippen molar-refractivity contribution < 1.29 is 9.53 Å². The quantitative estimate of drug-likeness (QED) is 0.517. The van der Waals surface area contributed by atoms with E-state index in [0.717, 1.165) is 15.2 Å². The molecule has 2 rings (SSSR count). The van der Waals surface area contributed by atoms with Gasteiger partial charge >= 0.3 is 0 Å². The molecule has 0 atom stereocenters. The maximum Gasteiger partial charge on any atom is 0.271 e. The Morgan fingerprint density at radius 2 is 1.94 bits per heavy atom. The Hall–Kier alpha value is -1.59. The predicted octanol–water partition coefficient (Wildman–Crippen LogP) is 1.97. The van der Waals surface area contributed by atoms with E-state index < -0.39 is 0 Å². The summed E-state index contributed by atoms with van der Waals surface area (Å²) in [6, 6.07) is 11.6. The Bertz CT molecular complexity index is 557. The molecule has 2 aromatic carbocycles. The highest BCUT2D eigenvalue weighted by Crippen LogP contribution is 2.23. The molecule has 5 heteroatoms. The number of hydrogen-bond donors (Lipinski definition) is 2. The maximum absolute atomic E-state index is 10.9. The molecule has 0 saturated heterocycles. The number of ether oxygens (including phenoxy) is 1. The number of carbonyl (C=O) groups excluding carboxylic acids is 1. The summed E-state index contributed by atoms with van der Waals surface area (Å²) in [6.45, 7) is -0.0848. The lowest BCUT2D eigenvalue weighted by atomic mass is 10.1. The number of benzene rings is 2. The third kappa shape index (κ3) is 2.95. The standard InChI is InChI=1S/C12H11BrN2O2/c13-10-3-1-9-6-11(4-2-8(9)5-10)17-7-12(16)15-14/h1-6H,7,14H2,(H,15,16). The fourth-order valence-electron chi connectivity index (χ4n) is 1.48. The van der Waals surface area contributed by atoms with Crippen molar-refractivity contribution in [1.82, 2.24) is 5.43 Å². The third-order valence-electron chi connectivity index (χ3n) is 2.30. The van der Waals surface area contributed by atoms with Crippen molar-refractivity contribution in [3.63, 3.8) is 0 Å². The number of hydrogen-bond acceptors (Lipinski definition) is 3. The van der Waals surface area contributed by atoms with Gasteiger partial charge in [0.15, 0.2) is 6.61 Å². The van der Waals surface area contributed by atoms with Gasteiger partial charge in [-0.25, -0.2) is 5.84 Å². The Kier molecular flexibility index (Phi) is 3.61. The summed E-state index contributed by atoms with van der Waals surface area (Å²) in [6.07, 6.45) is 0. The van der Waals surface area contributed by atoms with Crippen molar-refractivity contribution in [1.29, 1.82) is 0 Å². The van der Waals surface area contributed by atoms with E-state index in [9.17, 15) is 4.79 Å². The molecule has 0 radical (unpaired) electrons. The number of halogens is 1. The van der Waals surface area contributed by atoms with E-state index in [0.29, 0.717) is 5.75 Å². The first-order valence-corrected chi connectivity index (χ1v) is 5.80. The smallest absolute Gasteiger partial charge is 0.271 e. The molecule has 3 N–H and O–H groups in total. The Labute approximate surface area is 107 Å². The van der Waals surface area contributed by atoms with Gasteiger partial charge in [-0.3, -0.25) is 10.2 Å². The van der Waals surface area contributed by atoms with Crippen LogP contribution in [0.5, 0.6) is 5.75 Å². The monoisotopic (exact) mass is 294 g/mol. The zero-order valence-electron chi connectivity index (χ0n) is 8.94. The molecular formula is C12H11BrN2O2. The molecule has 0 spiro atoms. The number of nitrogens with two attached hydrogens (primary N) is 1. The SMILES string of the molecule is NNC(=O)COc1ccc2cc(Br)ccc2c1. The highest BCUT2D eigenvalue weighted by Gasteiger charge is 2.01. The molecule has 0 aliphatic heterocycles. The summed E-state index contributed by atoms with van der Waals surface area (Å²) in [4.78, 5) is 10.9. The van der Waals surface area contributed by atoms with Crippen LogP contribution in [0.15, 0.2) is 40.9 Å². The number of carbonyl (C=O) groups is 1. The van der Waals surface area contributed by atoms with Crippen molar-refractivity contribution in [2.75, 3.05) is 6.61 Å². The second kappa shape index (κ2) is 5.16. The number of fused-ring (bicyclic) bond motifs is 1. The van der Waals surface area contributed by atoms with E-state index in [1.54, 1.807) is 0 Å². The van der Waals surface area contributed by atoms with Crippen LogP contribution in [0.4, 0.5) is 0 Å². The first-order valence-electron chi connectivity index (χ1n) is 5.00. The van der Waals surface area contributed by atoms with Crippen molar-refractivity contribution >= 4 is 32.6 Å². The Morgan fingerprint density at radius 1 is 1.24 bits per heavy atom. The lowest BCUT2D eigenvalue weighted by molar-refractivity contribution is -0.123. The molecular weight excluding hydrogens is 284 g/mol. The summed E-state index contributed by atoms with van der Waals surface area (Å²) in [5, 5.41) is 2.16. The van der Waals surface area contributed by atoms with E-state index in [-0.39, 0.29) is 12.5 Å². The molecule has 0 aromatic heterocycles. The Balaban J connectivity index is 2.20. The first-order chi connectivity index (χ1) is 8.19. The van der Waals surface area contributed by atoms with Crippen LogP contribution >= 0.6 is 15.9 Å². The predicted molar refractivity (Wildman–Crippen MR) is 69.5 cm³/mol. The van der Waals surface area contributed by atoms with Crippen molar-refractivity contribution in [3.8, 4) is 5.75 Å². The molecule has 0 unspecified atom stereocenters. The number of nitrogens with one attached hydrogen (secondary N) is 1. The van der Waals surface area contributed by atoms with Gasteiger partial charge in [0.05, 0.1) is 0 Å². The highest BCUT2D eigenvalue weighted by atomic mass is 79.9. The number of hydrazine groups is 1. The van der Waals surface area contributed by atoms with E-state index in [1.807, 2.05) is 41.8 Å². The lowest BCUT2D eigenvalue weighted by Crippen LogP contribution is -2.34. The first kappa shape index (κ1) is 11.9. The fourth-order valence-corrected chi connectivity index (χ4v) is 1.85. The molecule has 17 heavy (non-hydrogen) atoms. The van der Waals surface area contributed by atoms with Gasteiger partial charge in [0.1, 0.15) is 5.75 Å². The van der Waals surface area contributed by atoms with Crippen LogP contribution in [-0.4, -0.2) is 12.5 Å². The van der Waals surface area contributed by atoms with Gasteiger partial charge < -0.3 is 4.74 Å². The average Bonchev–Trinajstić information content (AvgIpc) is 2.35. The summed E-state index contributed by atoms with van der Waals surface area (Å²) in [5.41, 5.74) is 2.01. The van der Waals surface area contributed by atoms with Crippen LogP contribution in [0.2, 0.25) is 0 Å². The summed E-state index contributed by atoms with van der Waals surface area (Å²) in [7, 11) is 0. The minimum Gasteiger partial charge on any atom is -0.484 e. The van der Waals surface area contributed by atoms with Crippen LogP contribution in [0.25, 0.3) is 10.8 Å². The zero-order chi connectivity index (χ0) is 12.3. The van der Waals surface area contributed by atoms with Gasteiger partial charge in [-0.1, -0.05) is 28.1 Å². The van der Waals surface area contributed by atoms with E-state index in [4.69, 9.17) is 10.6 Å². The topological polar surface area (TPSA) is 64.3 Å². The normalized spacial score (nSPS) is 10.2. The summed E-state index contributed by atoms with van der Waals surface area (Å²) >= 11 is 3.41. The van der Waals surface area contributed by atoms with E-state index >= 15 is 0 Å². The fraction of sp³-hybridized carbons (Fsp3) is 0.0833. The molecule has 1 amide bonds. The number of amides is 1. The molecule has 88 valence electrons. The molecule has 0 heterocycles. The van der Waals surface area contributed by atoms with E-state index in [1.165, 1.54) is 0 Å². The molecule has 0 aliphatic carbocycles. The second-order valence-corrected chi connectivity index (χ2v) is 4.43. The van der Waals surface area contributed by atoms with Gasteiger partial charge in [0.2, 0.25) is 0 Å². The van der Waals surface area contributed by atoms with Gasteiger partial charge in [0.25, 0.3) is 5.91 Å². The average molecular weight is 295 g/mol. The zero-order valence-corrected chi connectivity index (χ0v) is 10.5. The summed E-state index contributed by atoms with van der Waals surface area (Å²) in [5.74, 6) is 5.24. The van der Waals surface area contributed by atoms with Gasteiger partial charge in [-0.15, -0.1) is 0 Å². The molecule has 0 saturated carbocycles. The molecule has 0 bridgehead atoms. The summed E-state index contributed by atoms with van der Waals surface area (Å²) < 4.78 is 6.32.